The smallest absolute Gasteiger partial charge is 0.0623 e. The van der Waals surface area contributed by atoms with Crippen LogP contribution in [0.15, 0.2) is 0 Å². The van der Waals surface area contributed by atoms with Crippen molar-refractivity contribution in [3.8, 4) is 0 Å². The minimum Gasteiger partial charge on any atom is -0.379 e. The quantitative estimate of drug-likeness (QED) is 0.738. The van der Waals surface area contributed by atoms with Crippen LogP contribution in [0.5, 0.6) is 0 Å². The summed E-state index contributed by atoms with van der Waals surface area (Å²) in [6, 6.07) is 0.361. The van der Waals surface area contributed by atoms with Crippen LogP contribution in [-0.4, -0.2) is 18.8 Å². The Morgan fingerprint density at radius 2 is 2.00 bits per heavy atom. The molecule has 0 bridgehead atoms. The molecule has 0 amide bonds. The van der Waals surface area contributed by atoms with Crippen LogP contribution in [0.2, 0.25) is 0 Å². The number of nitrogens with two attached hydrogens (primary N) is 1. The first-order valence-corrected chi connectivity index (χ1v) is 5.59. The van der Waals surface area contributed by atoms with Crippen LogP contribution in [0.4, 0.5) is 0 Å². The molecule has 1 rings (SSSR count). The SMILES string of the molecule is COC(C)(C)CCC(N)C1CC1(C)C. The van der Waals surface area contributed by atoms with Gasteiger partial charge in [-0.25, -0.2) is 0 Å². The Morgan fingerprint density at radius 1 is 1.50 bits per heavy atom. The van der Waals surface area contributed by atoms with Crippen LogP contribution in [-0.2, 0) is 4.74 Å². The van der Waals surface area contributed by atoms with Crippen LogP contribution >= 0.6 is 0 Å². The van der Waals surface area contributed by atoms with Crippen molar-refractivity contribution in [1.29, 1.82) is 0 Å². The van der Waals surface area contributed by atoms with Gasteiger partial charge in [-0.3, -0.25) is 0 Å². The Morgan fingerprint density at radius 3 is 2.36 bits per heavy atom. The van der Waals surface area contributed by atoms with Gasteiger partial charge in [0.05, 0.1) is 5.60 Å². The Kier molecular flexibility index (Phi) is 3.27. The first-order valence-electron chi connectivity index (χ1n) is 5.59. The second kappa shape index (κ2) is 3.82. The lowest BCUT2D eigenvalue weighted by Crippen LogP contribution is -2.30. The molecule has 0 aliphatic heterocycles. The van der Waals surface area contributed by atoms with Gasteiger partial charge >= 0.3 is 0 Å². The molecule has 0 aromatic carbocycles. The van der Waals surface area contributed by atoms with E-state index in [0.717, 1.165) is 18.8 Å². The Labute approximate surface area is 88.2 Å². The van der Waals surface area contributed by atoms with Crippen LogP contribution in [0.25, 0.3) is 0 Å². The average molecular weight is 199 g/mol. The highest BCUT2D eigenvalue weighted by Crippen LogP contribution is 2.53. The molecule has 1 fully saturated rings. The molecule has 14 heavy (non-hydrogen) atoms. The van der Waals surface area contributed by atoms with E-state index in [2.05, 4.69) is 27.7 Å². The van der Waals surface area contributed by atoms with Gasteiger partial charge in [0.2, 0.25) is 0 Å². The van der Waals surface area contributed by atoms with Gasteiger partial charge in [-0.1, -0.05) is 13.8 Å². The van der Waals surface area contributed by atoms with Crippen molar-refractivity contribution in [2.45, 2.75) is 58.6 Å². The van der Waals surface area contributed by atoms with Crippen molar-refractivity contribution in [3.05, 3.63) is 0 Å². The summed E-state index contributed by atoms with van der Waals surface area (Å²) in [5.74, 6) is 0.732. The average Bonchev–Trinajstić information content (AvgIpc) is 2.71. The molecule has 0 heterocycles. The predicted molar refractivity (Wildman–Crippen MR) is 60.2 cm³/mol. The third kappa shape index (κ3) is 2.96. The monoisotopic (exact) mass is 199 g/mol. The fourth-order valence-electron chi connectivity index (χ4n) is 2.06. The maximum atomic E-state index is 6.16. The lowest BCUT2D eigenvalue weighted by molar-refractivity contribution is 0.0118. The summed E-state index contributed by atoms with van der Waals surface area (Å²) in [5, 5.41) is 0. The van der Waals surface area contributed by atoms with Crippen molar-refractivity contribution in [2.24, 2.45) is 17.1 Å². The van der Waals surface area contributed by atoms with Gasteiger partial charge in [-0.2, -0.15) is 0 Å². The molecule has 1 saturated carbocycles. The van der Waals surface area contributed by atoms with Crippen molar-refractivity contribution >= 4 is 0 Å². The van der Waals surface area contributed by atoms with Crippen molar-refractivity contribution in [3.63, 3.8) is 0 Å². The number of methoxy groups -OCH3 is 1. The van der Waals surface area contributed by atoms with Crippen molar-refractivity contribution in [2.75, 3.05) is 7.11 Å². The van der Waals surface area contributed by atoms with Crippen LogP contribution < -0.4 is 5.73 Å². The van der Waals surface area contributed by atoms with Gasteiger partial charge in [0.25, 0.3) is 0 Å². The van der Waals surface area contributed by atoms with E-state index < -0.39 is 0 Å². The fourth-order valence-corrected chi connectivity index (χ4v) is 2.06. The van der Waals surface area contributed by atoms with Gasteiger partial charge in [-0.05, 0) is 44.4 Å². The largest absolute Gasteiger partial charge is 0.379 e. The van der Waals surface area contributed by atoms with E-state index in [0.29, 0.717) is 11.5 Å². The number of hydrogen-bond donors (Lipinski definition) is 1. The molecule has 2 atom stereocenters. The summed E-state index contributed by atoms with van der Waals surface area (Å²) in [7, 11) is 1.77. The summed E-state index contributed by atoms with van der Waals surface area (Å²) in [5.41, 5.74) is 6.64. The van der Waals surface area contributed by atoms with E-state index in [1.807, 2.05) is 0 Å². The second-order valence-corrected chi connectivity index (χ2v) is 5.97. The maximum absolute atomic E-state index is 6.16. The summed E-state index contributed by atoms with van der Waals surface area (Å²) in [4.78, 5) is 0. The van der Waals surface area contributed by atoms with Gasteiger partial charge in [-0.15, -0.1) is 0 Å². The van der Waals surface area contributed by atoms with Gasteiger partial charge in [0, 0.05) is 13.2 Å². The van der Waals surface area contributed by atoms with Crippen molar-refractivity contribution < 1.29 is 4.74 Å². The molecule has 1 aliphatic carbocycles. The van der Waals surface area contributed by atoms with E-state index in [-0.39, 0.29) is 5.60 Å². The molecule has 2 nitrogen and oxygen atoms in total. The molecule has 2 N–H and O–H groups in total. The van der Waals surface area contributed by atoms with Crippen LogP contribution in [0.1, 0.15) is 47.0 Å². The molecule has 0 saturated heterocycles. The highest BCUT2D eigenvalue weighted by atomic mass is 16.5. The molecule has 0 aromatic rings. The molecule has 0 radical (unpaired) electrons. The third-order valence-corrected chi connectivity index (χ3v) is 3.74. The summed E-state index contributed by atoms with van der Waals surface area (Å²) >= 11 is 0. The Hall–Kier alpha value is -0.0800. The molecular weight excluding hydrogens is 174 g/mol. The van der Waals surface area contributed by atoms with Gasteiger partial charge in [0.15, 0.2) is 0 Å². The standard InChI is InChI=1S/C12H25NO/c1-11(2)8-9(11)10(13)6-7-12(3,4)14-5/h9-10H,6-8,13H2,1-5H3. The van der Waals surface area contributed by atoms with E-state index in [1.165, 1.54) is 6.42 Å². The fraction of sp³-hybridized carbons (Fsp3) is 1.00. The number of hydrogen-bond acceptors (Lipinski definition) is 2. The molecule has 0 aromatic heterocycles. The molecular formula is C12H25NO. The summed E-state index contributed by atoms with van der Waals surface area (Å²) < 4.78 is 5.38. The molecule has 2 unspecified atom stereocenters. The second-order valence-electron chi connectivity index (χ2n) is 5.97. The normalized spacial score (nSPS) is 27.4. The lowest BCUT2D eigenvalue weighted by Gasteiger charge is -2.25. The highest BCUT2D eigenvalue weighted by Gasteiger charge is 2.48. The van der Waals surface area contributed by atoms with Crippen LogP contribution in [0.3, 0.4) is 0 Å². The first kappa shape index (κ1) is 12.0. The minimum absolute atomic E-state index is 0.0172. The zero-order chi connectivity index (χ0) is 11.0. The lowest BCUT2D eigenvalue weighted by atomic mass is 9.94. The Bertz CT molecular complexity index is 198. The highest BCUT2D eigenvalue weighted by molar-refractivity contribution is 5.00. The van der Waals surface area contributed by atoms with Gasteiger partial charge in [0.1, 0.15) is 0 Å². The van der Waals surface area contributed by atoms with E-state index in [9.17, 15) is 0 Å². The summed E-state index contributed by atoms with van der Waals surface area (Å²) in [6.07, 6.45) is 3.42. The third-order valence-electron chi connectivity index (χ3n) is 3.74. The van der Waals surface area contributed by atoms with Gasteiger partial charge < -0.3 is 10.5 Å². The van der Waals surface area contributed by atoms with Crippen LogP contribution in [0, 0.1) is 11.3 Å². The maximum Gasteiger partial charge on any atom is 0.0623 e. The van der Waals surface area contributed by atoms with E-state index in [1.54, 1.807) is 7.11 Å². The van der Waals surface area contributed by atoms with E-state index >= 15 is 0 Å². The number of rotatable bonds is 5. The van der Waals surface area contributed by atoms with E-state index in [4.69, 9.17) is 10.5 Å². The summed E-state index contributed by atoms with van der Waals surface area (Å²) in [6.45, 7) is 8.85. The molecule has 2 heteroatoms. The Balaban J connectivity index is 2.26. The first-order chi connectivity index (χ1) is 6.28. The molecule has 1 aliphatic rings. The van der Waals surface area contributed by atoms with Crippen molar-refractivity contribution in [1.82, 2.24) is 0 Å². The topological polar surface area (TPSA) is 35.2 Å². The molecule has 84 valence electrons. The predicted octanol–water partition coefficient (Wildman–Crippen LogP) is 2.57. The minimum atomic E-state index is -0.0172. The zero-order valence-corrected chi connectivity index (χ0v) is 10.3. The zero-order valence-electron chi connectivity index (χ0n) is 10.3. The number of ether oxygens (including phenoxy) is 1. The molecule has 0 spiro atoms.